The molecule has 4 aromatic carbocycles. The Morgan fingerprint density at radius 2 is 1.06 bits per heavy atom. The molecule has 6 nitrogen and oxygen atoms in total. The van der Waals surface area contributed by atoms with E-state index in [9.17, 15) is 9.59 Å². The average Bonchev–Trinajstić information content (AvgIpc) is 3.06. The molecule has 9 heteroatoms. The SMILES string of the molecule is CCOC(=O)C(C)(C)Oc1ccc(Br)c(-c2ccc(CBr)cc2)c1.CCOC(=O)C(C)(C)Oc1cccc(-c2ccc(CBr)cc2)c1. The fourth-order valence-corrected chi connectivity index (χ4v) is 5.59. The van der Waals surface area contributed by atoms with Gasteiger partial charge in [0.25, 0.3) is 0 Å². The Balaban J connectivity index is 0.000000256. The van der Waals surface area contributed by atoms with Crippen molar-refractivity contribution in [3.8, 4) is 33.8 Å². The third-order valence-electron chi connectivity index (χ3n) is 6.91. The highest BCUT2D eigenvalue weighted by molar-refractivity contribution is 9.10. The quantitative estimate of drug-likeness (QED) is 0.105. The predicted octanol–water partition coefficient (Wildman–Crippen LogP) is 10.7. The van der Waals surface area contributed by atoms with Crippen LogP contribution in [0.3, 0.4) is 0 Å². The molecular formula is C38H41Br3O6. The lowest BCUT2D eigenvalue weighted by atomic mass is 10.0. The molecule has 0 aliphatic heterocycles. The Morgan fingerprint density at radius 1 is 0.596 bits per heavy atom. The van der Waals surface area contributed by atoms with Crippen LogP contribution in [-0.2, 0) is 29.7 Å². The summed E-state index contributed by atoms with van der Waals surface area (Å²) in [5, 5.41) is 1.66. The first-order valence-corrected chi connectivity index (χ1v) is 18.3. The average molecular weight is 833 g/mol. The molecule has 4 rings (SSSR count). The number of rotatable bonds is 12. The molecule has 0 spiro atoms. The van der Waals surface area contributed by atoms with Gasteiger partial charge in [-0.3, -0.25) is 0 Å². The molecule has 0 aromatic heterocycles. The summed E-state index contributed by atoms with van der Waals surface area (Å²) >= 11 is 10.5. The van der Waals surface area contributed by atoms with Gasteiger partial charge in [-0.2, -0.15) is 0 Å². The third kappa shape index (κ3) is 11.2. The Bertz CT molecular complexity index is 1620. The van der Waals surface area contributed by atoms with E-state index >= 15 is 0 Å². The van der Waals surface area contributed by atoms with E-state index in [2.05, 4.69) is 96.3 Å². The summed E-state index contributed by atoms with van der Waals surface area (Å²) < 4.78 is 22.8. The zero-order chi connectivity index (χ0) is 34.6. The second-order valence-corrected chi connectivity index (χ2v) is 13.5. The van der Waals surface area contributed by atoms with Gasteiger partial charge in [-0.1, -0.05) is 108 Å². The van der Waals surface area contributed by atoms with Crippen LogP contribution in [0, 0.1) is 0 Å². The summed E-state index contributed by atoms with van der Waals surface area (Å²) in [5.41, 5.74) is 4.61. The zero-order valence-corrected chi connectivity index (χ0v) is 32.3. The van der Waals surface area contributed by atoms with Crippen LogP contribution < -0.4 is 9.47 Å². The Labute approximate surface area is 303 Å². The van der Waals surface area contributed by atoms with E-state index in [0.717, 1.165) is 37.4 Å². The molecule has 0 aliphatic carbocycles. The van der Waals surface area contributed by atoms with Crippen molar-refractivity contribution in [2.24, 2.45) is 0 Å². The van der Waals surface area contributed by atoms with Crippen molar-refractivity contribution < 1.29 is 28.5 Å². The van der Waals surface area contributed by atoms with Crippen molar-refractivity contribution in [1.29, 1.82) is 0 Å². The highest BCUT2D eigenvalue weighted by atomic mass is 79.9. The molecule has 0 unspecified atom stereocenters. The fraction of sp³-hybridized carbons (Fsp3) is 0.316. The van der Waals surface area contributed by atoms with Crippen LogP contribution in [0.2, 0.25) is 0 Å². The first-order valence-electron chi connectivity index (χ1n) is 15.3. The van der Waals surface area contributed by atoms with E-state index in [1.807, 2.05) is 42.5 Å². The summed E-state index contributed by atoms with van der Waals surface area (Å²) in [6, 6.07) is 30.0. The van der Waals surface area contributed by atoms with E-state index < -0.39 is 11.2 Å². The number of carbonyl (C=O) groups excluding carboxylic acids is 2. The predicted molar refractivity (Wildman–Crippen MR) is 199 cm³/mol. The van der Waals surface area contributed by atoms with Crippen molar-refractivity contribution in [2.45, 2.75) is 63.4 Å². The highest BCUT2D eigenvalue weighted by Crippen LogP contribution is 2.34. The lowest BCUT2D eigenvalue weighted by Gasteiger charge is -2.24. The van der Waals surface area contributed by atoms with Crippen LogP contribution in [0.5, 0.6) is 11.5 Å². The van der Waals surface area contributed by atoms with E-state index in [4.69, 9.17) is 18.9 Å². The number of alkyl halides is 2. The maximum Gasteiger partial charge on any atom is 0.349 e. The van der Waals surface area contributed by atoms with Crippen molar-refractivity contribution in [3.63, 3.8) is 0 Å². The van der Waals surface area contributed by atoms with Crippen LogP contribution in [0.1, 0.15) is 52.7 Å². The summed E-state index contributed by atoms with van der Waals surface area (Å²) in [7, 11) is 0. The number of halogens is 3. The first kappa shape index (κ1) is 38.3. The number of benzene rings is 4. The molecule has 250 valence electrons. The zero-order valence-electron chi connectivity index (χ0n) is 27.6. The molecule has 4 aromatic rings. The lowest BCUT2D eigenvalue weighted by Crippen LogP contribution is -2.39. The maximum absolute atomic E-state index is 12.0. The van der Waals surface area contributed by atoms with E-state index in [-0.39, 0.29) is 11.9 Å². The summed E-state index contributed by atoms with van der Waals surface area (Å²) in [6.45, 7) is 11.1. The van der Waals surface area contributed by atoms with Gasteiger partial charge in [0.05, 0.1) is 13.2 Å². The minimum absolute atomic E-state index is 0.330. The van der Waals surface area contributed by atoms with Crippen molar-refractivity contribution >= 4 is 59.7 Å². The van der Waals surface area contributed by atoms with Crippen molar-refractivity contribution in [2.75, 3.05) is 13.2 Å². The number of hydrogen-bond donors (Lipinski definition) is 0. The molecule has 47 heavy (non-hydrogen) atoms. The second kappa shape index (κ2) is 17.9. The molecular weight excluding hydrogens is 792 g/mol. The topological polar surface area (TPSA) is 71.1 Å². The summed E-state index contributed by atoms with van der Waals surface area (Å²) in [5.74, 6) is 0.518. The largest absolute Gasteiger partial charge is 0.476 e. The Hall–Kier alpha value is -3.14. The number of carbonyl (C=O) groups is 2. The number of esters is 2. The summed E-state index contributed by atoms with van der Waals surface area (Å²) in [6.07, 6.45) is 0. The molecule has 0 atom stereocenters. The molecule has 0 saturated carbocycles. The van der Waals surface area contributed by atoms with Crippen LogP contribution >= 0.6 is 47.8 Å². The monoisotopic (exact) mass is 830 g/mol. The first-order chi connectivity index (χ1) is 22.3. The summed E-state index contributed by atoms with van der Waals surface area (Å²) in [4.78, 5) is 23.9. The highest BCUT2D eigenvalue weighted by Gasteiger charge is 2.32. The van der Waals surface area contributed by atoms with Gasteiger partial charge in [0.1, 0.15) is 11.5 Å². The van der Waals surface area contributed by atoms with Gasteiger partial charge < -0.3 is 18.9 Å². The number of ether oxygens (including phenoxy) is 4. The van der Waals surface area contributed by atoms with Gasteiger partial charge >= 0.3 is 11.9 Å². The van der Waals surface area contributed by atoms with Crippen LogP contribution in [0.25, 0.3) is 22.3 Å². The molecule has 0 N–H and O–H groups in total. The minimum Gasteiger partial charge on any atom is -0.476 e. The molecule has 0 bridgehead atoms. The van der Waals surface area contributed by atoms with E-state index in [1.54, 1.807) is 41.5 Å². The van der Waals surface area contributed by atoms with Crippen molar-refractivity contribution in [3.05, 3.63) is 107 Å². The van der Waals surface area contributed by atoms with Gasteiger partial charge in [-0.15, -0.1) is 0 Å². The molecule has 0 saturated heterocycles. The van der Waals surface area contributed by atoms with Gasteiger partial charge in [-0.25, -0.2) is 9.59 Å². The Morgan fingerprint density at radius 3 is 1.53 bits per heavy atom. The Kier molecular flexibility index (Phi) is 14.6. The van der Waals surface area contributed by atoms with Gasteiger partial charge in [0, 0.05) is 15.1 Å². The lowest BCUT2D eigenvalue weighted by molar-refractivity contribution is -0.159. The smallest absolute Gasteiger partial charge is 0.349 e. The van der Waals surface area contributed by atoms with Crippen LogP contribution in [0.15, 0.2) is 95.5 Å². The van der Waals surface area contributed by atoms with Gasteiger partial charge in [0.15, 0.2) is 11.2 Å². The van der Waals surface area contributed by atoms with Gasteiger partial charge in [-0.05, 0) is 105 Å². The standard InChI is InChI=1S/C19H20Br2O3.C19H21BrO3/c1-4-23-18(22)19(2,3)24-15-9-10-17(21)16(11-15)14-7-5-13(12-20)6-8-14;1-4-22-18(21)19(2,3)23-17-7-5-6-16(12-17)15-10-8-14(13-20)9-11-15/h5-11H,4,12H2,1-3H3;5-12H,4,13H2,1-3H3. The fourth-order valence-electron chi connectivity index (χ4n) is 4.37. The van der Waals surface area contributed by atoms with Crippen LogP contribution in [0.4, 0.5) is 0 Å². The normalized spacial score (nSPS) is 11.2. The second-order valence-electron chi connectivity index (χ2n) is 11.5. The minimum atomic E-state index is -1.04. The molecule has 0 aliphatic rings. The maximum atomic E-state index is 12.0. The molecule has 0 radical (unpaired) electrons. The van der Waals surface area contributed by atoms with E-state index in [1.165, 1.54) is 11.1 Å². The van der Waals surface area contributed by atoms with Gasteiger partial charge in [0.2, 0.25) is 0 Å². The molecule has 0 heterocycles. The number of hydrogen-bond acceptors (Lipinski definition) is 6. The molecule has 0 amide bonds. The van der Waals surface area contributed by atoms with Crippen molar-refractivity contribution in [1.82, 2.24) is 0 Å². The third-order valence-corrected chi connectivity index (χ3v) is 8.90. The van der Waals surface area contributed by atoms with E-state index in [0.29, 0.717) is 24.7 Å². The molecule has 0 fully saturated rings. The van der Waals surface area contributed by atoms with Crippen LogP contribution in [-0.4, -0.2) is 36.4 Å².